The number of carbonyl (C=O) groups is 1. The molecule has 1 N–H and O–H groups in total. The zero-order chi connectivity index (χ0) is 16.5. The molecule has 0 saturated carbocycles. The molecular weight excluding hydrogens is 294 g/mol. The molecule has 0 aromatic heterocycles. The van der Waals surface area contributed by atoms with Crippen LogP contribution in [0, 0.1) is 5.92 Å². The Morgan fingerprint density at radius 1 is 1.26 bits per heavy atom. The number of nitrogens with one attached hydrogen (secondary N) is 1. The van der Waals surface area contributed by atoms with Gasteiger partial charge in [-0.3, -0.25) is 4.79 Å². The molecule has 1 heterocycles. The van der Waals surface area contributed by atoms with Gasteiger partial charge in [0.15, 0.2) is 0 Å². The molecule has 23 heavy (non-hydrogen) atoms. The Balaban J connectivity index is 1.61. The first-order valence-electron chi connectivity index (χ1n) is 8.50. The van der Waals surface area contributed by atoms with E-state index in [1.165, 1.54) is 0 Å². The van der Waals surface area contributed by atoms with Gasteiger partial charge in [0, 0.05) is 25.3 Å². The molecule has 1 fully saturated rings. The van der Waals surface area contributed by atoms with E-state index in [1.807, 2.05) is 31.2 Å². The third kappa shape index (κ3) is 5.75. The van der Waals surface area contributed by atoms with Gasteiger partial charge in [-0.05, 0) is 19.1 Å². The third-order valence-corrected chi connectivity index (χ3v) is 4.30. The number of piperidine rings is 1. The van der Waals surface area contributed by atoms with Crippen LogP contribution in [0.4, 0.5) is 0 Å². The maximum atomic E-state index is 11.7. The second kappa shape index (κ2) is 9.40. The molecule has 0 unspecified atom stereocenters. The summed E-state index contributed by atoms with van der Waals surface area (Å²) in [7, 11) is 1.66. The van der Waals surface area contributed by atoms with Crippen molar-refractivity contribution in [1.29, 1.82) is 0 Å². The van der Waals surface area contributed by atoms with Crippen LogP contribution >= 0.6 is 0 Å². The number of likely N-dealkylation sites (tertiary alicyclic amines) is 1. The summed E-state index contributed by atoms with van der Waals surface area (Å²) in [6.45, 7) is 6.22. The van der Waals surface area contributed by atoms with Gasteiger partial charge < -0.3 is 19.1 Å². The van der Waals surface area contributed by atoms with Gasteiger partial charge in [0.1, 0.15) is 11.5 Å². The molecule has 1 aromatic rings. The molecule has 5 heteroatoms. The van der Waals surface area contributed by atoms with E-state index in [1.54, 1.807) is 12.0 Å². The summed E-state index contributed by atoms with van der Waals surface area (Å²) in [6, 6.07) is 7.68. The second-order valence-corrected chi connectivity index (χ2v) is 5.91. The fourth-order valence-electron chi connectivity index (χ4n) is 2.98. The molecule has 0 radical (unpaired) electrons. The van der Waals surface area contributed by atoms with Gasteiger partial charge in [0.25, 0.3) is 0 Å². The number of benzene rings is 1. The number of esters is 1. The number of quaternary nitrogens is 1. The van der Waals surface area contributed by atoms with E-state index >= 15 is 0 Å². The van der Waals surface area contributed by atoms with Crippen LogP contribution in [0.3, 0.4) is 0 Å². The summed E-state index contributed by atoms with van der Waals surface area (Å²) in [4.78, 5) is 13.3. The largest absolute Gasteiger partial charge is 0.497 e. The number of hydrogen-bond acceptors (Lipinski definition) is 4. The first-order valence-corrected chi connectivity index (χ1v) is 8.50. The average Bonchev–Trinajstić information content (AvgIpc) is 2.59. The Morgan fingerprint density at radius 2 is 2.00 bits per heavy atom. The van der Waals surface area contributed by atoms with E-state index in [9.17, 15) is 4.79 Å². The third-order valence-electron chi connectivity index (χ3n) is 4.30. The van der Waals surface area contributed by atoms with E-state index in [0.29, 0.717) is 13.2 Å². The van der Waals surface area contributed by atoms with E-state index < -0.39 is 0 Å². The van der Waals surface area contributed by atoms with Crippen molar-refractivity contribution in [1.82, 2.24) is 0 Å². The summed E-state index contributed by atoms with van der Waals surface area (Å²) in [5, 5.41) is 0. The quantitative estimate of drug-likeness (QED) is 0.579. The summed E-state index contributed by atoms with van der Waals surface area (Å²) in [5.74, 6) is 1.74. The van der Waals surface area contributed by atoms with Gasteiger partial charge >= 0.3 is 5.97 Å². The lowest BCUT2D eigenvalue weighted by Gasteiger charge is -2.28. The summed E-state index contributed by atoms with van der Waals surface area (Å²) in [5.41, 5.74) is 0. The van der Waals surface area contributed by atoms with Crippen LogP contribution < -0.4 is 14.4 Å². The summed E-state index contributed by atoms with van der Waals surface area (Å²) < 4.78 is 16.0. The molecule has 0 atom stereocenters. The Hall–Kier alpha value is -1.75. The van der Waals surface area contributed by atoms with Crippen molar-refractivity contribution < 1.29 is 23.9 Å². The first-order chi connectivity index (χ1) is 11.2. The summed E-state index contributed by atoms with van der Waals surface area (Å²) in [6.07, 6.45) is 2.88. The lowest BCUT2D eigenvalue weighted by atomic mass is 9.97. The van der Waals surface area contributed by atoms with Crippen molar-refractivity contribution in [3.05, 3.63) is 24.3 Å². The summed E-state index contributed by atoms with van der Waals surface area (Å²) >= 11 is 0. The van der Waals surface area contributed by atoms with Crippen LogP contribution in [-0.2, 0) is 9.53 Å². The Kier molecular flexibility index (Phi) is 7.20. The van der Waals surface area contributed by atoms with E-state index in [0.717, 1.165) is 50.4 Å². The number of carbonyl (C=O) groups excluding carboxylic acids is 1. The molecule has 5 nitrogen and oxygen atoms in total. The van der Waals surface area contributed by atoms with E-state index in [2.05, 4.69) is 0 Å². The lowest BCUT2D eigenvalue weighted by Crippen LogP contribution is -3.13. The van der Waals surface area contributed by atoms with Gasteiger partial charge in [-0.1, -0.05) is 6.07 Å². The molecule has 0 bridgehead atoms. The first kappa shape index (κ1) is 17.6. The van der Waals surface area contributed by atoms with E-state index in [-0.39, 0.29) is 11.9 Å². The molecule has 1 saturated heterocycles. The fraction of sp³-hybridized carbons (Fsp3) is 0.611. The Morgan fingerprint density at radius 3 is 2.70 bits per heavy atom. The maximum Gasteiger partial charge on any atom is 0.309 e. The number of rotatable bonds is 8. The smallest absolute Gasteiger partial charge is 0.309 e. The van der Waals surface area contributed by atoms with Crippen LogP contribution in [0.5, 0.6) is 11.5 Å². The van der Waals surface area contributed by atoms with Gasteiger partial charge in [-0.15, -0.1) is 0 Å². The van der Waals surface area contributed by atoms with Crippen molar-refractivity contribution in [3.8, 4) is 11.5 Å². The van der Waals surface area contributed by atoms with Gasteiger partial charge in [0.2, 0.25) is 0 Å². The fourth-order valence-corrected chi connectivity index (χ4v) is 2.98. The number of ether oxygens (including phenoxy) is 3. The SMILES string of the molecule is CCOC(=O)C1CC[NH+](CCCOc2cccc(OC)c2)CC1. The zero-order valence-electron chi connectivity index (χ0n) is 14.2. The van der Waals surface area contributed by atoms with Gasteiger partial charge in [-0.2, -0.15) is 0 Å². The predicted molar refractivity (Wildman–Crippen MR) is 88.0 cm³/mol. The topological polar surface area (TPSA) is 49.2 Å². The van der Waals surface area contributed by atoms with Crippen LogP contribution in [-0.4, -0.2) is 45.9 Å². The number of hydrogen-bond donors (Lipinski definition) is 1. The minimum Gasteiger partial charge on any atom is -0.497 e. The van der Waals surface area contributed by atoms with Crippen molar-refractivity contribution in [2.24, 2.45) is 5.92 Å². The number of methoxy groups -OCH3 is 1. The van der Waals surface area contributed by atoms with Crippen molar-refractivity contribution >= 4 is 5.97 Å². The van der Waals surface area contributed by atoms with E-state index in [4.69, 9.17) is 14.2 Å². The van der Waals surface area contributed by atoms with Crippen LogP contribution in [0.15, 0.2) is 24.3 Å². The highest BCUT2D eigenvalue weighted by Crippen LogP contribution is 2.18. The highest BCUT2D eigenvalue weighted by Gasteiger charge is 2.27. The second-order valence-electron chi connectivity index (χ2n) is 5.91. The highest BCUT2D eigenvalue weighted by atomic mass is 16.5. The highest BCUT2D eigenvalue weighted by molar-refractivity contribution is 5.72. The monoisotopic (exact) mass is 322 g/mol. The zero-order valence-corrected chi connectivity index (χ0v) is 14.2. The molecule has 1 aliphatic heterocycles. The van der Waals surface area contributed by atoms with Crippen LogP contribution in [0.25, 0.3) is 0 Å². The molecule has 0 amide bonds. The predicted octanol–water partition coefficient (Wildman–Crippen LogP) is 1.32. The minimum absolute atomic E-state index is 0.0205. The van der Waals surface area contributed by atoms with Gasteiger partial charge in [0.05, 0.1) is 45.9 Å². The molecule has 0 spiro atoms. The normalized spacial score (nSPS) is 20.8. The van der Waals surface area contributed by atoms with Crippen molar-refractivity contribution in [3.63, 3.8) is 0 Å². The molecule has 0 aliphatic carbocycles. The van der Waals surface area contributed by atoms with Crippen molar-refractivity contribution in [2.45, 2.75) is 26.2 Å². The standard InChI is InChI=1S/C18H27NO4/c1-3-22-18(20)15-8-11-19(12-9-15)10-5-13-23-17-7-4-6-16(14-17)21-2/h4,6-7,14-15H,3,5,8-13H2,1-2H3/p+1. The average molecular weight is 322 g/mol. The van der Waals surface area contributed by atoms with Crippen LogP contribution in [0.2, 0.25) is 0 Å². The molecule has 2 rings (SSSR count). The molecule has 1 aromatic carbocycles. The van der Waals surface area contributed by atoms with Crippen LogP contribution in [0.1, 0.15) is 26.2 Å². The lowest BCUT2D eigenvalue weighted by molar-refractivity contribution is -0.906. The Labute approximate surface area is 138 Å². The van der Waals surface area contributed by atoms with Gasteiger partial charge in [-0.25, -0.2) is 0 Å². The minimum atomic E-state index is -0.0205. The Bertz CT molecular complexity index is 484. The maximum absolute atomic E-state index is 11.7. The molecule has 1 aliphatic rings. The molecular formula is C18H28NO4+. The van der Waals surface area contributed by atoms with Crippen molar-refractivity contribution in [2.75, 3.05) is 40.0 Å². The molecule has 128 valence electrons.